The fraction of sp³-hybridized carbons (Fsp3) is 0.250. The number of benzene rings is 1. The molecule has 0 spiro atoms. The zero-order valence-corrected chi connectivity index (χ0v) is 9.42. The van der Waals surface area contributed by atoms with Gasteiger partial charge >= 0.3 is 0 Å². The minimum Gasteiger partial charge on any atom is -0.211 e. The molecular formula is C12H9N3O3. The Kier molecular flexibility index (Phi) is 5.67. The Bertz CT molecular complexity index is 564. The first-order chi connectivity index (χ1) is 8.81. The first kappa shape index (κ1) is 13.4. The van der Waals surface area contributed by atoms with Crippen LogP contribution < -0.4 is 0 Å². The first-order valence-corrected chi connectivity index (χ1v) is 5.03. The largest absolute Gasteiger partial charge is 0.235 e. The van der Waals surface area contributed by atoms with Crippen molar-refractivity contribution in [3.8, 4) is 0 Å². The van der Waals surface area contributed by atoms with Crippen LogP contribution in [0.1, 0.15) is 16.7 Å². The van der Waals surface area contributed by atoms with Gasteiger partial charge in [0.25, 0.3) is 0 Å². The van der Waals surface area contributed by atoms with Crippen LogP contribution in [0, 0.1) is 0 Å². The molecule has 6 nitrogen and oxygen atoms in total. The van der Waals surface area contributed by atoms with E-state index in [0.29, 0.717) is 0 Å². The molecular weight excluding hydrogens is 234 g/mol. The second-order valence-electron chi connectivity index (χ2n) is 3.33. The molecule has 0 heterocycles. The van der Waals surface area contributed by atoms with Crippen LogP contribution in [0.2, 0.25) is 0 Å². The average molecular weight is 243 g/mol. The molecule has 0 aliphatic carbocycles. The highest BCUT2D eigenvalue weighted by Gasteiger charge is 2.03. The predicted molar refractivity (Wildman–Crippen MR) is 61.9 cm³/mol. The average Bonchev–Trinajstić information content (AvgIpc) is 2.41. The quantitative estimate of drug-likeness (QED) is 0.555. The Morgan fingerprint density at radius 3 is 1.94 bits per heavy atom. The summed E-state index contributed by atoms with van der Waals surface area (Å²) in [5.41, 5.74) is 2.28. The maximum absolute atomic E-state index is 10.1. The van der Waals surface area contributed by atoms with Crippen molar-refractivity contribution >= 4 is 18.2 Å². The molecule has 0 atom stereocenters. The van der Waals surface area contributed by atoms with Crippen LogP contribution in [-0.2, 0) is 34.0 Å². The van der Waals surface area contributed by atoms with Crippen molar-refractivity contribution in [2.75, 3.05) is 0 Å². The number of rotatable bonds is 6. The summed E-state index contributed by atoms with van der Waals surface area (Å²) in [6, 6.07) is 5.24. The minimum absolute atomic E-state index is 0.145. The molecule has 0 saturated heterocycles. The number of aliphatic imine (C=N–C) groups is 3. The fourth-order valence-corrected chi connectivity index (χ4v) is 1.44. The standard InChI is InChI=1S/C12H9N3O3/c16-7-13-4-10-1-2-11(5-14-8-17)12(3-10)6-15-9-18/h1-3H,4-6H2. The van der Waals surface area contributed by atoms with E-state index in [1.165, 1.54) is 18.2 Å². The number of nitrogens with zero attached hydrogens (tertiary/aromatic N) is 3. The van der Waals surface area contributed by atoms with E-state index in [1.807, 2.05) is 0 Å². The Morgan fingerprint density at radius 1 is 0.778 bits per heavy atom. The normalized spacial score (nSPS) is 8.67. The van der Waals surface area contributed by atoms with E-state index in [-0.39, 0.29) is 19.6 Å². The van der Waals surface area contributed by atoms with Crippen LogP contribution in [-0.4, -0.2) is 18.2 Å². The third-order valence-electron chi connectivity index (χ3n) is 2.22. The van der Waals surface area contributed by atoms with Gasteiger partial charge in [-0.1, -0.05) is 18.2 Å². The van der Waals surface area contributed by atoms with Gasteiger partial charge in [-0.15, -0.1) is 0 Å². The molecule has 0 unspecified atom stereocenters. The lowest BCUT2D eigenvalue weighted by molar-refractivity contribution is 0.561. The van der Waals surface area contributed by atoms with Crippen molar-refractivity contribution < 1.29 is 14.4 Å². The summed E-state index contributed by atoms with van der Waals surface area (Å²) in [6.07, 6.45) is 4.34. The van der Waals surface area contributed by atoms with Gasteiger partial charge in [-0.2, -0.15) is 0 Å². The van der Waals surface area contributed by atoms with Crippen molar-refractivity contribution in [1.29, 1.82) is 0 Å². The molecule has 0 saturated carbocycles. The summed E-state index contributed by atoms with van der Waals surface area (Å²) < 4.78 is 0. The maximum atomic E-state index is 10.1. The number of carbonyl (C=O) groups excluding carboxylic acids is 3. The van der Waals surface area contributed by atoms with Crippen LogP contribution in [0.25, 0.3) is 0 Å². The highest BCUT2D eigenvalue weighted by atomic mass is 16.1. The Hall–Kier alpha value is -2.64. The van der Waals surface area contributed by atoms with Crippen LogP contribution >= 0.6 is 0 Å². The SMILES string of the molecule is O=C=NCc1ccc(CN=C=O)c(CN=C=O)c1. The van der Waals surface area contributed by atoms with Crippen molar-refractivity contribution in [2.24, 2.45) is 15.0 Å². The monoisotopic (exact) mass is 243 g/mol. The Balaban J connectivity index is 3.05. The van der Waals surface area contributed by atoms with E-state index in [2.05, 4.69) is 15.0 Å². The molecule has 0 bridgehead atoms. The Labute approximate surface area is 103 Å². The summed E-state index contributed by atoms with van der Waals surface area (Å²) in [6.45, 7) is 0.523. The number of hydrogen-bond acceptors (Lipinski definition) is 6. The van der Waals surface area contributed by atoms with Gasteiger partial charge < -0.3 is 0 Å². The van der Waals surface area contributed by atoms with E-state index in [0.717, 1.165) is 16.7 Å². The van der Waals surface area contributed by atoms with E-state index >= 15 is 0 Å². The van der Waals surface area contributed by atoms with Gasteiger partial charge in [0.05, 0.1) is 19.6 Å². The van der Waals surface area contributed by atoms with Crippen molar-refractivity contribution in [3.05, 3.63) is 34.9 Å². The second-order valence-corrected chi connectivity index (χ2v) is 3.33. The summed E-state index contributed by atoms with van der Waals surface area (Å²) in [5, 5.41) is 0. The first-order valence-electron chi connectivity index (χ1n) is 5.03. The summed E-state index contributed by atoms with van der Waals surface area (Å²) >= 11 is 0. The molecule has 0 amide bonds. The smallest absolute Gasteiger partial charge is 0.211 e. The van der Waals surface area contributed by atoms with Gasteiger partial charge in [0, 0.05) is 0 Å². The van der Waals surface area contributed by atoms with Crippen molar-refractivity contribution in [3.63, 3.8) is 0 Å². The summed E-state index contributed by atoms with van der Waals surface area (Å²) in [4.78, 5) is 40.6. The molecule has 1 rings (SSSR count). The molecule has 18 heavy (non-hydrogen) atoms. The highest BCUT2D eigenvalue weighted by Crippen LogP contribution is 2.15. The summed E-state index contributed by atoms with van der Waals surface area (Å²) in [7, 11) is 0. The van der Waals surface area contributed by atoms with Gasteiger partial charge in [-0.05, 0) is 16.7 Å². The van der Waals surface area contributed by atoms with Gasteiger partial charge in [-0.25, -0.2) is 29.4 Å². The lowest BCUT2D eigenvalue weighted by Crippen LogP contribution is -1.94. The van der Waals surface area contributed by atoms with E-state index in [4.69, 9.17) is 0 Å². The molecule has 0 aliphatic heterocycles. The van der Waals surface area contributed by atoms with Gasteiger partial charge in [0.15, 0.2) is 0 Å². The molecule has 0 fully saturated rings. The van der Waals surface area contributed by atoms with Crippen molar-refractivity contribution in [1.82, 2.24) is 0 Å². The molecule has 0 radical (unpaired) electrons. The molecule has 1 aromatic rings. The molecule has 90 valence electrons. The molecule has 0 N–H and O–H groups in total. The summed E-state index contributed by atoms with van der Waals surface area (Å²) in [5.74, 6) is 0. The molecule has 1 aromatic carbocycles. The van der Waals surface area contributed by atoms with Gasteiger partial charge in [0.2, 0.25) is 18.2 Å². The van der Waals surface area contributed by atoms with E-state index in [9.17, 15) is 14.4 Å². The highest BCUT2D eigenvalue weighted by molar-refractivity contribution is 5.39. The van der Waals surface area contributed by atoms with Gasteiger partial charge in [0.1, 0.15) is 0 Å². The van der Waals surface area contributed by atoms with Crippen LogP contribution in [0.3, 0.4) is 0 Å². The Morgan fingerprint density at radius 2 is 1.33 bits per heavy atom. The molecule has 6 heteroatoms. The predicted octanol–water partition coefficient (Wildman–Crippen LogP) is 1.19. The number of isocyanates is 3. The third kappa shape index (κ3) is 4.08. The zero-order chi connectivity index (χ0) is 13.2. The number of hydrogen-bond donors (Lipinski definition) is 0. The van der Waals surface area contributed by atoms with Crippen LogP contribution in [0.5, 0.6) is 0 Å². The van der Waals surface area contributed by atoms with E-state index < -0.39 is 0 Å². The topological polar surface area (TPSA) is 88.3 Å². The third-order valence-corrected chi connectivity index (χ3v) is 2.22. The lowest BCUT2D eigenvalue weighted by Gasteiger charge is -2.06. The molecule has 0 aliphatic rings. The minimum atomic E-state index is 0.145. The molecule has 0 aromatic heterocycles. The van der Waals surface area contributed by atoms with E-state index in [1.54, 1.807) is 18.2 Å². The van der Waals surface area contributed by atoms with Crippen molar-refractivity contribution in [2.45, 2.75) is 19.6 Å². The maximum Gasteiger partial charge on any atom is 0.235 e. The van der Waals surface area contributed by atoms with Crippen LogP contribution in [0.15, 0.2) is 33.2 Å². The van der Waals surface area contributed by atoms with Crippen LogP contribution in [0.4, 0.5) is 0 Å². The second kappa shape index (κ2) is 7.60. The fourth-order valence-electron chi connectivity index (χ4n) is 1.44. The van der Waals surface area contributed by atoms with Gasteiger partial charge in [-0.3, -0.25) is 0 Å². The lowest BCUT2D eigenvalue weighted by atomic mass is 10.0. The zero-order valence-electron chi connectivity index (χ0n) is 9.42.